The molecule has 1 rings (SSSR count). The fraction of sp³-hybridized carbons (Fsp3) is 0.778. The smallest absolute Gasteiger partial charge is 0.332 e. The zero-order chi connectivity index (χ0) is 11.3. The second-order valence-electron chi connectivity index (χ2n) is 3.58. The van der Waals surface area contributed by atoms with Gasteiger partial charge in [0, 0.05) is 13.0 Å². The molecule has 0 saturated carbocycles. The summed E-state index contributed by atoms with van der Waals surface area (Å²) < 4.78 is 0. The minimum absolute atomic E-state index is 0.0355. The molecule has 0 radical (unpaired) electrons. The number of aliphatic hydroxyl groups is 1. The van der Waals surface area contributed by atoms with Crippen molar-refractivity contribution in [2.24, 2.45) is 0 Å². The second-order valence-corrected chi connectivity index (χ2v) is 3.58. The average Bonchev–Trinajstić information content (AvgIpc) is 2.70. The van der Waals surface area contributed by atoms with Crippen LogP contribution in [-0.2, 0) is 9.59 Å². The van der Waals surface area contributed by atoms with E-state index in [1.165, 1.54) is 0 Å². The van der Waals surface area contributed by atoms with E-state index in [0.29, 0.717) is 0 Å². The van der Waals surface area contributed by atoms with E-state index in [1.54, 1.807) is 0 Å². The van der Waals surface area contributed by atoms with E-state index in [-0.39, 0.29) is 24.9 Å². The molecule has 0 aliphatic carbocycles. The van der Waals surface area contributed by atoms with Crippen molar-refractivity contribution < 1.29 is 19.8 Å². The number of hydrogen-bond acceptors (Lipinski definition) is 4. The van der Waals surface area contributed by atoms with Crippen LogP contribution in [0.5, 0.6) is 0 Å². The van der Waals surface area contributed by atoms with Gasteiger partial charge in [-0.3, -0.25) is 4.79 Å². The highest BCUT2D eigenvalue weighted by Gasteiger charge is 2.21. The van der Waals surface area contributed by atoms with Crippen LogP contribution in [0.15, 0.2) is 0 Å². The van der Waals surface area contributed by atoms with E-state index in [4.69, 9.17) is 10.2 Å². The van der Waals surface area contributed by atoms with Crippen molar-refractivity contribution in [1.29, 1.82) is 0 Å². The van der Waals surface area contributed by atoms with Crippen LogP contribution in [0.2, 0.25) is 0 Å². The van der Waals surface area contributed by atoms with E-state index in [9.17, 15) is 9.59 Å². The zero-order valence-corrected chi connectivity index (χ0v) is 8.40. The molecule has 0 aromatic carbocycles. The number of rotatable bonds is 5. The predicted molar refractivity (Wildman–Crippen MR) is 52.3 cm³/mol. The van der Waals surface area contributed by atoms with Crippen LogP contribution in [0.4, 0.5) is 0 Å². The lowest BCUT2D eigenvalue weighted by molar-refractivity contribution is -0.147. The molecular formula is C9H16N2O4. The normalized spacial score (nSPS) is 22.3. The molecule has 0 spiro atoms. The highest BCUT2D eigenvalue weighted by atomic mass is 16.4. The summed E-state index contributed by atoms with van der Waals surface area (Å²) in [4.78, 5) is 21.7. The Morgan fingerprint density at radius 1 is 1.53 bits per heavy atom. The molecule has 0 bridgehead atoms. The Hall–Kier alpha value is -1.14. The lowest BCUT2D eigenvalue weighted by Crippen LogP contribution is -2.41. The van der Waals surface area contributed by atoms with Gasteiger partial charge >= 0.3 is 5.97 Å². The Morgan fingerprint density at radius 2 is 2.27 bits per heavy atom. The van der Waals surface area contributed by atoms with Gasteiger partial charge in [-0.05, 0) is 19.4 Å². The standard InChI is InChI=1S/C9H16N2O4/c12-7(9(14)15)3-5-11-8(13)6-2-1-4-10-6/h6-7,10,12H,1-5H2,(H,11,13)(H,14,15)/t6-,7?/m0/s1. The van der Waals surface area contributed by atoms with E-state index in [2.05, 4.69) is 10.6 Å². The van der Waals surface area contributed by atoms with Crippen LogP contribution in [-0.4, -0.2) is 47.3 Å². The monoisotopic (exact) mass is 216 g/mol. The fourth-order valence-electron chi connectivity index (χ4n) is 1.49. The minimum Gasteiger partial charge on any atom is -0.479 e. The molecule has 0 aromatic heterocycles. The minimum atomic E-state index is -1.40. The van der Waals surface area contributed by atoms with Crippen molar-refractivity contribution in [3.63, 3.8) is 0 Å². The first-order valence-electron chi connectivity index (χ1n) is 5.03. The highest BCUT2D eigenvalue weighted by molar-refractivity contribution is 5.82. The van der Waals surface area contributed by atoms with Crippen molar-refractivity contribution in [1.82, 2.24) is 10.6 Å². The number of amides is 1. The number of carbonyl (C=O) groups excluding carboxylic acids is 1. The topological polar surface area (TPSA) is 98.7 Å². The summed E-state index contributed by atoms with van der Waals surface area (Å²) in [7, 11) is 0. The van der Waals surface area contributed by atoms with Gasteiger partial charge in [-0.2, -0.15) is 0 Å². The SMILES string of the molecule is O=C(O)C(O)CCNC(=O)[C@@H]1CCCN1. The van der Waals surface area contributed by atoms with Gasteiger partial charge in [0.1, 0.15) is 0 Å². The Bertz CT molecular complexity index is 238. The lowest BCUT2D eigenvalue weighted by atomic mass is 10.2. The fourth-order valence-corrected chi connectivity index (χ4v) is 1.49. The molecular weight excluding hydrogens is 200 g/mol. The molecule has 1 unspecified atom stereocenters. The number of nitrogens with one attached hydrogen (secondary N) is 2. The molecule has 0 aromatic rings. The summed E-state index contributed by atoms with van der Waals surface area (Å²) in [5.74, 6) is -1.38. The summed E-state index contributed by atoms with van der Waals surface area (Å²) in [6, 6.07) is -0.160. The van der Waals surface area contributed by atoms with E-state index in [0.717, 1.165) is 19.4 Å². The largest absolute Gasteiger partial charge is 0.479 e. The van der Waals surface area contributed by atoms with Gasteiger partial charge in [-0.25, -0.2) is 4.79 Å². The Labute approximate surface area is 87.7 Å². The number of carboxylic acids is 1. The lowest BCUT2D eigenvalue weighted by Gasteiger charge is -2.11. The predicted octanol–water partition coefficient (Wildman–Crippen LogP) is -1.31. The molecule has 6 nitrogen and oxygen atoms in total. The van der Waals surface area contributed by atoms with Gasteiger partial charge in [0.05, 0.1) is 6.04 Å². The summed E-state index contributed by atoms with van der Waals surface area (Å²) in [5, 5.41) is 22.9. The Morgan fingerprint density at radius 3 is 2.80 bits per heavy atom. The second kappa shape index (κ2) is 5.67. The third-order valence-electron chi connectivity index (χ3n) is 2.38. The molecule has 86 valence electrons. The molecule has 1 heterocycles. The molecule has 1 amide bonds. The van der Waals surface area contributed by atoms with Gasteiger partial charge in [-0.15, -0.1) is 0 Å². The maximum Gasteiger partial charge on any atom is 0.332 e. The Balaban J connectivity index is 2.14. The summed E-state index contributed by atoms with van der Waals surface area (Å²) in [6.45, 7) is 1.03. The van der Waals surface area contributed by atoms with Gasteiger partial charge < -0.3 is 20.8 Å². The molecule has 6 heteroatoms. The Kier molecular flexibility index (Phi) is 4.51. The maximum absolute atomic E-state index is 11.4. The van der Waals surface area contributed by atoms with Crippen LogP contribution in [0, 0.1) is 0 Å². The average molecular weight is 216 g/mol. The first kappa shape index (κ1) is 11.9. The van der Waals surface area contributed by atoms with Crippen molar-refractivity contribution in [2.45, 2.75) is 31.4 Å². The van der Waals surface area contributed by atoms with Gasteiger partial charge in [0.25, 0.3) is 0 Å². The number of aliphatic carboxylic acids is 1. The first-order chi connectivity index (χ1) is 7.11. The van der Waals surface area contributed by atoms with E-state index >= 15 is 0 Å². The summed E-state index contributed by atoms with van der Waals surface area (Å²) >= 11 is 0. The van der Waals surface area contributed by atoms with Gasteiger partial charge in [0.15, 0.2) is 6.10 Å². The quantitative estimate of drug-likeness (QED) is 0.457. The molecule has 4 N–H and O–H groups in total. The van der Waals surface area contributed by atoms with Crippen LogP contribution >= 0.6 is 0 Å². The van der Waals surface area contributed by atoms with E-state index in [1.807, 2.05) is 0 Å². The molecule has 15 heavy (non-hydrogen) atoms. The van der Waals surface area contributed by atoms with Gasteiger partial charge in [0.2, 0.25) is 5.91 Å². The van der Waals surface area contributed by atoms with Crippen molar-refractivity contribution in [3.8, 4) is 0 Å². The van der Waals surface area contributed by atoms with Crippen LogP contribution in [0.25, 0.3) is 0 Å². The van der Waals surface area contributed by atoms with Crippen molar-refractivity contribution in [2.75, 3.05) is 13.1 Å². The molecule has 2 atom stereocenters. The number of aliphatic hydroxyl groups excluding tert-OH is 1. The molecule has 1 aliphatic rings. The van der Waals surface area contributed by atoms with E-state index < -0.39 is 12.1 Å². The first-order valence-corrected chi connectivity index (χ1v) is 5.03. The number of hydrogen-bond donors (Lipinski definition) is 4. The summed E-state index contributed by atoms with van der Waals surface area (Å²) in [5.41, 5.74) is 0. The molecule has 1 fully saturated rings. The summed E-state index contributed by atoms with van der Waals surface area (Å²) in [6.07, 6.45) is 0.429. The zero-order valence-electron chi connectivity index (χ0n) is 8.40. The van der Waals surface area contributed by atoms with Crippen LogP contribution in [0.1, 0.15) is 19.3 Å². The molecule has 1 aliphatic heterocycles. The van der Waals surface area contributed by atoms with Gasteiger partial charge in [-0.1, -0.05) is 0 Å². The van der Waals surface area contributed by atoms with Crippen molar-refractivity contribution in [3.05, 3.63) is 0 Å². The van der Waals surface area contributed by atoms with Crippen molar-refractivity contribution >= 4 is 11.9 Å². The number of carbonyl (C=O) groups is 2. The third kappa shape index (κ3) is 3.85. The van der Waals surface area contributed by atoms with Crippen LogP contribution < -0.4 is 10.6 Å². The molecule has 1 saturated heterocycles. The van der Waals surface area contributed by atoms with Crippen LogP contribution in [0.3, 0.4) is 0 Å². The highest BCUT2D eigenvalue weighted by Crippen LogP contribution is 2.04. The maximum atomic E-state index is 11.4. The number of carboxylic acid groups (broad SMARTS) is 1. The third-order valence-corrected chi connectivity index (χ3v) is 2.38.